The maximum atomic E-state index is 6.24. The third-order valence-corrected chi connectivity index (χ3v) is 4.42. The summed E-state index contributed by atoms with van der Waals surface area (Å²) in [5, 5.41) is 0. The molecule has 0 aromatic heterocycles. The zero-order chi connectivity index (χ0) is 16.6. The van der Waals surface area contributed by atoms with Crippen LogP contribution in [0.2, 0.25) is 0 Å². The van der Waals surface area contributed by atoms with Gasteiger partial charge in [0.2, 0.25) is 0 Å². The van der Waals surface area contributed by atoms with Gasteiger partial charge < -0.3 is 11.5 Å². The van der Waals surface area contributed by atoms with E-state index in [1.807, 2.05) is 0 Å². The highest BCUT2D eigenvalue weighted by atomic mass is 14.6. The van der Waals surface area contributed by atoms with Gasteiger partial charge in [0.1, 0.15) is 0 Å². The lowest BCUT2D eigenvalue weighted by Crippen LogP contribution is -2.02. The minimum Gasteiger partial charge on any atom is -0.398 e. The predicted molar refractivity (Wildman–Crippen MR) is 98.4 cm³/mol. The Labute approximate surface area is 134 Å². The predicted octanol–water partition coefficient (Wildman–Crippen LogP) is 5.38. The van der Waals surface area contributed by atoms with E-state index in [1.165, 1.54) is 22.3 Å². The van der Waals surface area contributed by atoms with Crippen LogP contribution >= 0.6 is 0 Å². The number of nitrogens with two attached hydrogens (primary N) is 2. The highest BCUT2D eigenvalue weighted by molar-refractivity contribution is 5.74. The Morgan fingerprint density at radius 2 is 0.955 bits per heavy atom. The topological polar surface area (TPSA) is 52.0 Å². The molecule has 0 aliphatic heterocycles. The minimum atomic E-state index is 0.415. The van der Waals surface area contributed by atoms with E-state index in [2.05, 4.69) is 65.8 Å². The van der Waals surface area contributed by atoms with Gasteiger partial charge in [0.15, 0.2) is 0 Å². The molecule has 0 spiro atoms. The summed E-state index contributed by atoms with van der Waals surface area (Å²) in [6.45, 7) is 12.9. The molecule has 0 atom stereocenters. The van der Waals surface area contributed by atoms with Crippen molar-refractivity contribution in [2.45, 2.75) is 53.4 Å². The van der Waals surface area contributed by atoms with Crippen LogP contribution in [0, 0.1) is 13.8 Å². The Hall–Kier alpha value is -1.96. The average molecular weight is 296 g/mol. The largest absolute Gasteiger partial charge is 0.398 e. The van der Waals surface area contributed by atoms with Crippen molar-refractivity contribution >= 4 is 11.4 Å². The van der Waals surface area contributed by atoms with Gasteiger partial charge in [-0.05, 0) is 83.3 Å². The lowest BCUT2D eigenvalue weighted by atomic mass is 9.89. The Morgan fingerprint density at radius 1 is 0.636 bits per heavy atom. The van der Waals surface area contributed by atoms with Crippen LogP contribution in [0.25, 0.3) is 11.1 Å². The van der Waals surface area contributed by atoms with Crippen molar-refractivity contribution in [1.29, 1.82) is 0 Å². The first kappa shape index (κ1) is 16.4. The summed E-state index contributed by atoms with van der Waals surface area (Å²) in [5.74, 6) is 0.830. The summed E-state index contributed by atoms with van der Waals surface area (Å²) in [6.07, 6.45) is 0. The quantitative estimate of drug-likeness (QED) is 0.747. The minimum absolute atomic E-state index is 0.415. The lowest BCUT2D eigenvalue weighted by Gasteiger charge is -2.18. The zero-order valence-corrected chi connectivity index (χ0v) is 14.6. The number of rotatable bonds is 3. The number of nitrogen functional groups attached to an aromatic ring is 2. The lowest BCUT2D eigenvalue weighted by molar-refractivity contribution is 0.866. The van der Waals surface area contributed by atoms with Crippen molar-refractivity contribution in [3.05, 3.63) is 46.5 Å². The Kier molecular flexibility index (Phi) is 4.50. The van der Waals surface area contributed by atoms with E-state index in [0.717, 1.165) is 22.5 Å². The molecule has 0 fully saturated rings. The van der Waals surface area contributed by atoms with E-state index in [1.54, 1.807) is 0 Å². The summed E-state index contributed by atoms with van der Waals surface area (Å²) in [4.78, 5) is 0. The normalized spacial score (nSPS) is 11.5. The number of aryl methyl sites for hydroxylation is 2. The van der Waals surface area contributed by atoms with Crippen LogP contribution in [0.3, 0.4) is 0 Å². The van der Waals surface area contributed by atoms with Crippen molar-refractivity contribution in [2.24, 2.45) is 0 Å². The molecule has 2 aromatic rings. The molecule has 2 aromatic carbocycles. The molecule has 0 saturated heterocycles. The molecule has 0 saturated carbocycles. The fourth-order valence-corrected chi connectivity index (χ4v) is 2.94. The van der Waals surface area contributed by atoms with Crippen LogP contribution < -0.4 is 11.5 Å². The zero-order valence-electron chi connectivity index (χ0n) is 14.6. The van der Waals surface area contributed by atoms with Gasteiger partial charge in [0.05, 0.1) is 0 Å². The van der Waals surface area contributed by atoms with Crippen molar-refractivity contribution in [2.75, 3.05) is 11.5 Å². The third kappa shape index (κ3) is 2.96. The number of benzene rings is 2. The van der Waals surface area contributed by atoms with Gasteiger partial charge in [-0.2, -0.15) is 0 Å². The van der Waals surface area contributed by atoms with Crippen LogP contribution in [-0.4, -0.2) is 0 Å². The number of hydrogen-bond acceptors (Lipinski definition) is 2. The monoisotopic (exact) mass is 296 g/mol. The first-order valence-corrected chi connectivity index (χ1v) is 8.02. The van der Waals surface area contributed by atoms with Gasteiger partial charge in [-0.15, -0.1) is 0 Å². The molecular weight excluding hydrogens is 268 g/mol. The standard InChI is InChI=1S/C20H28N2/c1-11(2)17-9-15(7-13(5)19(17)21)16-8-14(6)20(22)18(10-16)12(3)4/h7-12H,21-22H2,1-6H3. The van der Waals surface area contributed by atoms with Gasteiger partial charge in [-0.1, -0.05) is 27.7 Å². The fraction of sp³-hybridized carbons (Fsp3) is 0.400. The molecule has 118 valence electrons. The molecule has 4 N–H and O–H groups in total. The Balaban J connectivity index is 2.67. The molecule has 0 unspecified atom stereocenters. The van der Waals surface area contributed by atoms with Crippen LogP contribution in [0.5, 0.6) is 0 Å². The van der Waals surface area contributed by atoms with Crippen LogP contribution in [0.4, 0.5) is 11.4 Å². The maximum Gasteiger partial charge on any atom is 0.0379 e. The molecule has 0 heterocycles. The second-order valence-corrected chi connectivity index (χ2v) is 6.90. The highest BCUT2D eigenvalue weighted by Gasteiger charge is 2.13. The maximum absolute atomic E-state index is 6.24. The summed E-state index contributed by atoms with van der Waals surface area (Å²) in [6, 6.07) is 8.80. The van der Waals surface area contributed by atoms with E-state index in [4.69, 9.17) is 11.5 Å². The summed E-state index contributed by atoms with van der Waals surface area (Å²) < 4.78 is 0. The molecule has 2 rings (SSSR count). The fourth-order valence-electron chi connectivity index (χ4n) is 2.94. The molecule has 0 radical (unpaired) electrons. The molecule has 0 aliphatic rings. The van der Waals surface area contributed by atoms with E-state index in [9.17, 15) is 0 Å². The van der Waals surface area contributed by atoms with Gasteiger partial charge in [0.25, 0.3) is 0 Å². The molecule has 0 amide bonds. The van der Waals surface area contributed by atoms with Crippen LogP contribution in [-0.2, 0) is 0 Å². The SMILES string of the molecule is Cc1cc(-c2cc(C)c(N)c(C(C)C)c2)cc(C(C)C)c1N. The smallest absolute Gasteiger partial charge is 0.0379 e. The molecule has 22 heavy (non-hydrogen) atoms. The molecule has 0 bridgehead atoms. The van der Waals surface area contributed by atoms with Gasteiger partial charge in [-0.25, -0.2) is 0 Å². The van der Waals surface area contributed by atoms with Crippen molar-refractivity contribution in [3.8, 4) is 11.1 Å². The molecular formula is C20H28N2. The highest BCUT2D eigenvalue weighted by Crippen LogP contribution is 2.35. The summed E-state index contributed by atoms with van der Waals surface area (Å²) in [7, 11) is 0. The van der Waals surface area contributed by atoms with E-state index in [0.29, 0.717) is 11.8 Å². The first-order chi connectivity index (χ1) is 10.2. The third-order valence-electron chi connectivity index (χ3n) is 4.42. The summed E-state index contributed by atoms with van der Waals surface area (Å²) in [5.41, 5.74) is 21.5. The Morgan fingerprint density at radius 3 is 1.23 bits per heavy atom. The van der Waals surface area contributed by atoms with E-state index in [-0.39, 0.29) is 0 Å². The molecule has 0 aliphatic carbocycles. The molecule has 2 nitrogen and oxygen atoms in total. The van der Waals surface area contributed by atoms with E-state index >= 15 is 0 Å². The van der Waals surface area contributed by atoms with Crippen molar-refractivity contribution in [1.82, 2.24) is 0 Å². The first-order valence-electron chi connectivity index (χ1n) is 8.02. The second kappa shape index (κ2) is 6.04. The van der Waals surface area contributed by atoms with E-state index < -0.39 is 0 Å². The Bertz CT molecular complexity index is 636. The van der Waals surface area contributed by atoms with Gasteiger partial charge >= 0.3 is 0 Å². The molecule has 2 heteroatoms. The average Bonchev–Trinajstić information content (AvgIpc) is 2.43. The number of anilines is 2. The van der Waals surface area contributed by atoms with Gasteiger partial charge in [-0.3, -0.25) is 0 Å². The number of hydrogen-bond donors (Lipinski definition) is 2. The summed E-state index contributed by atoms with van der Waals surface area (Å²) >= 11 is 0. The van der Waals surface area contributed by atoms with Crippen molar-refractivity contribution < 1.29 is 0 Å². The van der Waals surface area contributed by atoms with Crippen LogP contribution in [0.15, 0.2) is 24.3 Å². The van der Waals surface area contributed by atoms with Crippen molar-refractivity contribution in [3.63, 3.8) is 0 Å². The van der Waals surface area contributed by atoms with Crippen LogP contribution in [0.1, 0.15) is 61.8 Å². The van der Waals surface area contributed by atoms with Gasteiger partial charge in [0, 0.05) is 11.4 Å². The second-order valence-electron chi connectivity index (χ2n) is 6.90.